The van der Waals surface area contributed by atoms with Crippen molar-refractivity contribution in [2.45, 2.75) is 19.4 Å². The second kappa shape index (κ2) is 11.2. The van der Waals surface area contributed by atoms with Crippen molar-refractivity contribution >= 4 is 33.7 Å². The largest absolute Gasteiger partial charge is 0.493 e. The standard InChI is InChI=1S/C26H25BrFN3O3/c1-33-24-15-18(14-22(27)25(24)34-17-20-6-2-3-7-23(20)28)16-29-30-26(32)19-8-10-21(11-9-19)31-12-4-5-13-31/h2-3,6-11,14-16H,4-5,12-13,17H2,1H3,(H,30,32)/b29-16-. The molecular formula is C26H25BrFN3O3. The highest BCUT2D eigenvalue weighted by atomic mass is 79.9. The first kappa shape index (κ1) is 23.8. The lowest BCUT2D eigenvalue weighted by Crippen LogP contribution is -2.19. The van der Waals surface area contributed by atoms with Gasteiger partial charge in [-0.3, -0.25) is 4.79 Å². The third-order valence-electron chi connectivity index (χ3n) is 5.56. The number of benzene rings is 3. The fourth-order valence-corrected chi connectivity index (χ4v) is 4.32. The van der Waals surface area contributed by atoms with Crippen molar-refractivity contribution in [3.8, 4) is 11.5 Å². The number of nitrogens with one attached hydrogen (secondary N) is 1. The van der Waals surface area contributed by atoms with Crippen LogP contribution in [0.25, 0.3) is 0 Å². The van der Waals surface area contributed by atoms with E-state index in [1.807, 2.05) is 12.1 Å². The van der Waals surface area contributed by atoms with E-state index < -0.39 is 0 Å². The number of nitrogens with zero attached hydrogens (tertiary/aromatic N) is 2. The minimum atomic E-state index is -0.331. The van der Waals surface area contributed by atoms with Crippen LogP contribution in [0.5, 0.6) is 11.5 Å². The summed E-state index contributed by atoms with van der Waals surface area (Å²) in [4.78, 5) is 14.8. The van der Waals surface area contributed by atoms with E-state index in [9.17, 15) is 9.18 Å². The Balaban J connectivity index is 1.39. The molecule has 3 aromatic rings. The van der Waals surface area contributed by atoms with Crippen molar-refractivity contribution in [1.82, 2.24) is 5.43 Å². The summed E-state index contributed by atoms with van der Waals surface area (Å²) in [5.41, 5.74) is 5.35. The lowest BCUT2D eigenvalue weighted by molar-refractivity contribution is 0.0955. The summed E-state index contributed by atoms with van der Waals surface area (Å²) in [6.07, 6.45) is 3.93. The number of methoxy groups -OCH3 is 1. The first-order valence-corrected chi connectivity index (χ1v) is 11.8. The van der Waals surface area contributed by atoms with Crippen molar-refractivity contribution in [3.63, 3.8) is 0 Å². The van der Waals surface area contributed by atoms with Crippen LogP contribution in [0.15, 0.2) is 70.2 Å². The monoisotopic (exact) mass is 525 g/mol. The zero-order chi connectivity index (χ0) is 23.9. The topological polar surface area (TPSA) is 63.2 Å². The quantitative estimate of drug-likeness (QED) is 0.309. The number of carbonyl (C=O) groups is 1. The summed E-state index contributed by atoms with van der Waals surface area (Å²) in [5, 5.41) is 4.07. The van der Waals surface area contributed by atoms with Crippen LogP contribution in [0.2, 0.25) is 0 Å². The zero-order valence-electron chi connectivity index (χ0n) is 18.8. The molecule has 0 radical (unpaired) electrons. The van der Waals surface area contributed by atoms with Crippen LogP contribution in [0, 0.1) is 5.82 Å². The minimum absolute atomic E-state index is 0.0572. The molecule has 1 N–H and O–H groups in total. The second-order valence-electron chi connectivity index (χ2n) is 7.85. The van der Waals surface area contributed by atoms with Gasteiger partial charge in [-0.2, -0.15) is 5.10 Å². The Kier molecular flexibility index (Phi) is 7.80. The van der Waals surface area contributed by atoms with Gasteiger partial charge in [0.1, 0.15) is 12.4 Å². The molecule has 1 aliphatic heterocycles. The van der Waals surface area contributed by atoms with Gasteiger partial charge in [0.25, 0.3) is 5.91 Å². The zero-order valence-corrected chi connectivity index (χ0v) is 20.3. The van der Waals surface area contributed by atoms with Crippen molar-refractivity contribution in [3.05, 3.63) is 87.6 Å². The normalized spacial score (nSPS) is 13.3. The molecule has 8 heteroatoms. The van der Waals surface area contributed by atoms with Gasteiger partial charge in [0.05, 0.1) is 17.8 Å². The number of amides is 1. The Morgan fingerprint density at radius 2 is 1.88 bits per heavy atom. The highest BCUT2D eigenvalue weighted by molar-refractivity contribution is 9.10. The third kappa shape index (κ3) is 5.75. The Hall–Kier alpha value is -3.39. The van der Waals surface area contributed by atoms with Gasteiger partial charge in [0, 0.05) is 29.9 Å². The number of hydrogen-bond acceptors (Lipinski definition) is 5. The predicted molar refractivity (Wildman–Crippen MR) is 134 cm³/mol. The second-order valence-corrected chi connectivity index (χ2v) is 8.71. The fraction of sp³-hybridized carbons (Fsp3) is 0.231. The van der Waals surface area contributed by atoms with E-state index in [-0.39, 0.29) is 18.3 Å². The molecule has 1 aliphatic rings. The molecule has 1 heterocycles. The minimum Gasteiger partial charge on any atom is -0.493 e. The number of hydrogen-bond donors (Lipinski definition) is 1. The molecule has 0 saturated carbocycles. The van der Waals surface area contributed by atoms with Gasteiger partial charge in [0.2, 0.25) is 0 Å². The lowest BCUT2D eigenvalue weighted by atomic mass is 10.2. The first-order valence-electron chi connectivity index (χ1n) is 11.0. The predicted octanol–water partition coefficient (Wildman–Crippen LogP) is 5.54. The molecule has 1 fully saturated rings. The van der Waals surface area contributed by atoms with Gasteiger partial charge in [-0.1, -0.05) is 18.2 Å². The lowest BCUT2D eigenvalue weighted by Gasteiger charge is -2.17. The van der Waals surface area contributed by atoms with Gasteiger partial charge in [-0.15, -0.1) is 0 Å². The maximum atomic E-state index is 13.9. The van der Waals surface area contributed by atoms with Gasteiger partial charge >= 0.3 is 0 Å². The number of rotatable bonds is 8. The molecule has 0 unspecified atom stereocenters. The molecule has 0 spiro atoms. The molecule has 1 amide bonds. The Morgan fingerprint density at radius 1 is 1.15 bits per heavy atom. The maximum absolute atomic E-state index is 13.9. The highest BCUT2D eigenvalue weighted by Gasteiger charge is 2.14. The van der Waals surface area contributed by atoms with Crippen molar-refractivity contribution in [2.24, 2.45) is 5.10 Å². The number of ether oxygens (including phenoxy) is 2. The van der Waals surface area contributed by atoms with E-state index in [0.717, 1.165) is 18.8 Å². The molecule has 3 aromatic carbocycles. The molecule has 0 atom stereocenters. The summed E-state index contributed by atoms with van der Waals surface area (Å²) >= 11 is 3.47. The van der Waals surface area contributed by atoms with Crippen LogP contribution >= 0.6 is 15.9 Å². The molecule has 176 valence electrons. The Labute approximate surface area is 206 Å². The first-order chi connectivity index (χ1) is 16.5. The summed E-state index contributed by atoms with van der Waals surface area (Å²) < 4.78 is 25.7. The molecule has 1 saturated heterocycles. The molecule has 4 rings (SSSR count). The van der Waals surface area contributed by atoms with Gasteiger partial charge in [-0.05, 0) is 76.8 Å². The Bertz CT molecular complexity index is 1180. The Morgan fingerprint density at radius 3 is 2.59 bits per heavy atom. The SMILES string of the molecule is COc1cc(/C=N\NC(=O)c2ccc(N3CCCC3)cc2)cc(Br)c1OCc1ccccc1F. The van der Waals surface area contributed by atoms with E-state index in [1.54, 1.807) is 42.5 Å². The van der Waals surface area contributed by atoms with Crippen molar-refractivity contribution < 1.29 is 18.7 Å². The van der Waals surface area contributed by atoms with E-state index >= 15 is 0 Å². The smallest absolute Gasteiger partial charge is 0.271 e. The third-order valence-corrected chi connectivity index (χ3v) is 6.15. The summed E-state index contributed by atoms with van der Waals surface area (Å²) in [7, 11) is 1.52. The van der Waals surface area contributed by atoms with Crippen molar-refractivity contribution in [2.75, 3.05) is 25.1 Å². The summed E-state index contributed by atoms with van der Waals surface area (Å²) in [5.74, 6) is 0.281. The molecule has 34 heavy (non-hydrogen) atoms. The van der Waals surface area contributed by atoms with Crippen LogP contribution in [0.3, 0.4) is 0 Å². The number of hydrazone groups is 1. The number of halogens is 2. The fourth-order valence-electron chi connectivity index (χ4n) is 3.75. The summed E-state index contributed by atoms with van der Waals surface area (Å²) in [6, 6.07) is 17.5. The summed E-state index contributed by atoms with van der Waals surface area (Å²) in [6.45, 7) is 2.17. The van der Waals surface area contributed by atoms with E-state index in [0.29, 0.717) is 32.7 Å². The van der Waals surface area contributed by atoms with Crippen LogP contribution in [0.4, 0.5) is 10.1 Å². The van der Waals surface area contributed by atoms with Crippen LogP contribution < -0.4 is 19.8 Å². The molecular weight excluding hydrogens is 501 g/mol. The van der Waals surface area contributed by atoms with Crippen LogP contribution in [-0.2, 0) is 6.61 Å². The van der Waals surface area contributed by atoms with E-state index in [2.05, 4.69) is 31.4 Å². The van der Waals surface area contributed by atoms with Crippen LogP contribution in [-0.4, -0.2) is 32.3 Å². The molecule has 0 bridgehead atoms. The highest BCUT2D eigenvalue weighted by Crippen LogP contribution is 2.37. The average molecular weight is 526 g/mol. The molecule has 6 nitrogen and oxygen atoms in total. The number of carbonyl (C=O) groups excluding carboxylic acids is 1. The molecule has 0 aromatic heterocycles. The van der Waals surface area contributed by atoms with Gasteiger partial charge in [-0.25, -0.2) is 9.82 Å². The number of anilines is 1. The molecule has 0 aliphatic carbocycles. The average Bonchev–Trinajstić information content (AvgIpc) is 3.39. The van der Waals surface area contributed by atoms with E-state index in [1.165, 1.54) is 32.2 Å². The van der Waals surface area contributed by atoms with Crippen LogP contribution in [0.1, 0.15) is 34.3 Å². The van der Waals surface area contributed by atoms with Gasteiger partial charge in [0.15, 0.2) is 11.5 Å². The van der Waals surface area contributed by atoms with Crippen molar-refractivity contribution in [1.29, 1.82) is 0 Å². The maximum Gasteiger partial charge on any atom is 0.271 e. The van der Waals surface area contributed by atoms with E-state index in [4.69, 9.17) is 9.47 Å². The van der Waals surface area contributed by atoms with Gasteiger partial charge < -0.3 is 14.4 Å².